The molecule has 2 aromatic rings. The zero-order valence-electron chi connectivity index (χ0n) is 9.68. The summed E-state index contributed by atoms with van der Waals surface area (Å²) in [6, 6.07) is 11.5. The zero-order valence-corrected chi connectivity index (χ0v) is 12.0. The van der Waals surface area contributed by atoms with Crippen molar-refractivity contribution in [2.24, 2.45) is 0 Å². The second-order valence-electron chi connectivity index (χ2n) is 3.71. The van der Waals surface area contributed by atoms with Gasteiger partial charge in [0.1, 0.15) is 5.75 Å². The highest BCUT2D eigenvalue weighted by Gasteiger charge is 2.17. The number of alkyl halides is 1. The van der Waals surface area contributed by atoms with Crippen molar-refractivity contribution >= 4 is 33.2 Å². The summed E-state index contributed by atoms with van der Waals surface area (Å²) in [5, 5.41) is 11.9. The van der Waals surface area contributed by atoms with Gasteiger partial charge in [-0.1, -0.05) is 45.7 Å². The molecule has 6 heteroatoms. The smallest absolute Gasteiger partial charge is 0.311 e. The minimum absolute atomic E-state index is 0.117. The molecule has 98 valence electrons. The summed E-state index contributed by atoms with van der Waals surface area (Å²) in [7, 11) is 0. The lowest BCUT2D eigenvalue weighted by atomic mass is 10.2. The van der Waals surface area contributed by atoms with Gasteiger partial charge in [-0.3, -0.25) is 10.1 Å². The highest BCUT2D eigenvalue weighted by Crippen LogP contribution is 2.35. The molecule has 0 aliphatic rings. The Morgan fingerprint density at radius 3 is 2.63 bits per heavy atom. The van der Waals surface area contributed by atoms with Crippen LogP contribution in [0.25, 0.3) is 0 Å². The number of para-hydroxylation sites is 1. The quantitative estimate of drug-likeness (QED) is 0.449. The third kappa shape index (κ3) is 3.24. The van der Waals surface area contributed by atoms with Gasteiger partial charge in [0.25, 0.3) is 0 Å². The van der Waals surface area contributed by atoms with E-state index in [-0.39, 0.29) is 11.4 Å². The van der Waals surface area contributed by atoms with Crippen molar-refractivity contribution < 1.29 is 9.66 Å². The van der Waals surface area contributed by atoms with Crippen LogP contribution in [-0.4, -0.2) is 4.92 Å². The zero-order chi connectivity index (χ0) is 13.8. The summed E-state index contributed by atoms with van der Waals surface area (Å²) in [5.74, 6) is 0.690. The predicted molar refractivity (Wildman–Crippen MR) is 77.3 cm³/mol. The van der Waals surface area contributed by atoms with Crippen LogP contribution in [0.15, 0.2) is 42.5 Å². The number of nitro groups is 1. The Balaban J connectivity index is 2.42. The van der Waals surface area contributed by atoms with Crippen molar-refractivity contribution in [2.45, 2.75) is 5.33 Å². The Labute approximate surface area is 123 Å². The Hall–Kier alpha value is -1.59. The predicted octanol–water partition coefficient (Wildman–Crippen LogP) is 4.94. The maximum Gasteiger partial charge on any atom is 0.311 e. The molecule has 0 atom stereocenters. The summed E-state index contributed by atoms with van der Waals surface area (Å²) in [4.78, 5) is 10.5. The number of rotatable bonds is 4. The minimum Gasteiger partial charge on any atom is -0.450 e. The lowest BCUT2D eigenvalue weighted by Gasteiger charge is -2.09. The molecule has 0 unspecified atom stereocenters. The fraction of sp³-hybridized carbons (Fsp3) is 0.0769. The first-order valence-electron chi connectivity index (χ1n) is 5.37. The first-order valence-corrected chi connectivity index (χ1v) is 6.87. The van der Waals surface area contributed by atoms with Crippen LogP contribution < -0.4 is 4.74 Å². The fourth-order valence-electron chi connectivity index (χ4n) is 1.55. The molecule has 19 heavy (non-hydrogen) atoms. The summed E-state index contributed by atoms with van der Waals surface area (Å²) in [6.45, 7) is 0. The van der Waals surface area contributed by atoms with E-state index in [0.29, 0.717) is 16.1 Å². The van der Waals surface area contributed by atoms with Gasteiger partial charge in [-0.2, -0.15) is 0 Å². The van der Waals surface area contributed by atoms with Gasteiger partial charge in [-0.05, 0) is 12.1 Å². The van der Waals surface area contributed by atoms with Crippen LogP contribution in [0, 0.1) is 10.1 Å². The van der Waals surface area contributed by atoms with Crippen molar-refractivity contribution in [2.75, 3.05) is 0 Å². The van der Waals surface area contributed by atoms with Gasteiger partial charge in [0.15, 0.2) is 0 Å². The average molecular weight is 343 g/mol. The molecular weight excluding hydrogens is 334 g/mol. The van der Waals surface area contributed by atoms with Gasteiger partial charge >= 0.3 is 5.69 Å². The summed E-state index contributed by atoms with van der Waals surface area (Å²) in [5.41, 5.74) is 0.783. The Kier molecular flexibility index (Phi) is 4.39. The molecule has 0 bridgehead atoms. The van der Waals surface area contributed by atoms with Crippen LogP contribution in [0.2, 0.25) is 5.02 Å². The monoisotopic (exact) mass is 341 g/mol. The molecule has 0 saturated carbocycles. The van der Waals surface area contributed by atoms with Gasteiger partial charge in [0.2, 0.25) is 5.75 Å². The van der Waals surface area contributed by atoms with Crippen LogP contribution in [0.1, 0.15) is 5.56 Å². The summed E-state index contributed by atoms with van der Waals surface area (Å²) < 4.78 is 5.62. The molecule has 0 fully saturated rings. The van der Waals surface area contributed by atoms with Gasteiger partial charge in [-0.15, -0.1) is 0 Å². The molecule has 4 nitrogen and oxygen atoms in total. The van der Waals surface area contributed by atoms with Crippen LogP contribution >= 0.6 is 27.5 Å². The number of nitro benzene ring substituents is 1. The lowest BCUT2D eigenvalue weighted by Crippen LogP contribution is -1.95. The molecule has 0 heterocycles. The Morgan fingerprint density at radius 1 is 1.21 bits per heavy atom. The molecule has 2 aromatic carbocycles. The topological polar surface area (TPSA) is 52.4 Å². The normalized spacial score (nSPS) is 10.2. The second-order valence-corrected chi connectivity index (χ2v) is 4.71. The van der Waals surface area contributed by atoms with Crippen molar-refractivity contribution in [3.05, 3.63) is 63.2 Å². The molecular formula is C13H9BrClNO3. The number of halogens is 2. The van der Waals surface area contributed by atoms with E-state index >= 15 is 0 Å². The third-order valence-corrected chi connectivity index (χ3v) is 3.29. The SMILES string of the molecule is O=[N+]([O-])c1ccc(Cl)cc1Oc1ccccc1CBr. The number of hydrogen-bond acceptors (Lipinski definition) is 3. The average Bonchev–Trinajstić information content (AvgIpc) is 2.39. The van der Waals surface area contributed by atoms with Crippen molar-refractivity contribution in [3.8, 4) is 11.5 Å². The van der Waals surface area contributed by atoms with E-state index in [0.717, 1.165) is 5.56 Å². The Morgan fingerprint density at radius 2 is 1.95 bits per heavy atom. The van der Waals surface area contributed by atoms with Crippen molar-refractivity contribution in [3.63, 3.8) is 0 Å². The molecule has 0 amide bonds. The number of benzene rings is 2. The van der Waals surface area contributed by atoms with E-state index in [1.54, 1.807) is 12.1 Å². The molecule has 0 N–H and O–H groups in total. The second kappa shape index (κ2) is 6.04. The first-order chi connectivity index (χ1) is 9.11. The van der Waals surface area contributed by atoms with Crippen LogP contribution in [0.5, 0.6) is 11.5 Å². The maximum absolute atomic E-state index is 11.0. The highest BCUT2D eigenvalue weighted by atomic mass is 79.9. The maximum atomic E-state index is 11.0. The highest BCUT2D eigenvalue weighted by molar-refractivity contribution is 9.08. The third-order valence-electron chi connectivity index (χ3n) is 2.46. The molecule has 0 saturated heterocycles. The van der Waals surface area contributed by atoms with Gasteiger partial charge < -0.3 is 4.74 Å². The first kappa shape index (κ1) is 13.8. The lowest BCUT2D eigenvalue weighted by molar-refractivity contribution is -0.385. The Bertz CT molecular complexity index is 619. The summed E-state index contributed by atoms with van der Waals surface area (Å²) in [6.07, 6.45) is 0. The molecule has 0 spiro atoms. The van der Waals surface area contributed by atoms with E-state index in [4.69, 9.17) is 16.3 Å². The van der Waals surface area contributed by atoms with E-state index < -0.39 is 4.92 Å². The summed E-state index contributed by atoms with van der Waals surface area (Å²) >= 11 is 9.19. The van der Waals surface area contributed by atoms with Crippen molar-refractivity contribution in [1.29, 1.82) is 0 Å². The van der Waals surface area contributed by atoms with Gasteiger partial charge in [-0.25, -0.2) is 0 Å². The molecule has 0 radical (unpaired) electrons. The molecule has 0 aliphatic carbocycles. The minimum atomic E-state index is -0.498. The van der Waals surface area contributed by atoms with E-state index in [2.05, 4.69) is 15.9 Å². The van der Waals surface area contributed by atoms with Crippen LogP contribution in [-0.2, 0) is 5.33 Å². The van der Waals surface area contributed by atoms with Gasteiger partial charge in [0, 0.05) is 28.0 Å². The van der Waals surface area contributed by atoms with Crippen molar-refractivity contribution in [1.82, 2.24) is 0 Å². The molecule has 2 rings (SSSR count). The number of nitrogens with zero attached hydrogens (tertiary/aromatic N) is 1. The van der Waals surface area contributed by atoms with E-state index in [1.165, 1.54) is 18.2 Å². The van der Waals surface area contributed by atoms with Crippen LogP contribution in [0.3, 0.4) is 0 Å². The van der Waals surface area contributed by atoms with E-state index in [9.17, 15) is 10.1 Å². The van der Waals surface area contributed by atoms with Gasteiger partial charge in [0.05, 0.1) is 4.92 Å². The molecule has 0 aromatic heterocycles. The van der Waals surface area contributed by atoms with E-state index in [1.807, 2.05) is 12.1 Å². The molecule has 0 aliphatic heterocycles. The number of hydrogen-bond donors (Lipinski definition) is 0. The standard InChI is InChI=1S/C13H9BrClNO3/c14-8-9-3-1-2-4-12(9)19-13-7-10(15)5-6-11(13)16(17)18/h1-7H,8H2. The largest absolute Gasteiger partial charge is 0.450 e. The fourth-order valence-corrected chi connectivity index (χ4v) is 2.18. The number of ether oxygens (including phenoxy) is 1. The van der Waals surface area contributed by atoms with Crippen LogP contribution in [0.4, 0.5) is 5.69 Å².